The van der Waals surface area contributed by atoms with Crippen LogP contribution in [0, 0.1) is 5.92 Å². The predicted octanol–water partition coefficient (Wildman–Crippen LogP) is 4.95. The maximum Gasteiger partial charge on any atom is 0.416 e. The molecule has 0 radical (unpaired) electrons. The molecule has 3 aromatic rings. The Kier molecular flexibility index (Phi) is 8.10. The van der Waals surface area contributed by atoms with Crippen LogP contribution < -0.4 is 16.4 Å². The Morgan fingerprint density at radius 1 is 1.06 bits per heavy atom. The molecular formula is C24H30BrF3N6. The molecule has 1 fully saturated rings. The molecule has 0 amide bonds. The van der Waals surface area contributed by atoms with Crippen LogP contribution in [0.1, 0.15) is 42.9 Å². The van der Waals surface area contributed by atoms with Gasteiger partial charge in [0.05, 0.1) is 10.9 Å². The summed E-state index contributed by atoms with van der Waals surface area (Å²) in [6.07, 6.45) is 4.46. The molecule has 2 aromatic heterocycles. The van der Waals surface area contributed by atoms with E-state index in [2.05, 4.69) is 47.3 Å². The van der Waals surface area contributed by atoms with Crippen molar-refractivity contribution in [2.45, 2.75) is 44.3 Å². The molecule has 1 aromatic carbocycles. The Balaban J connectivity index is 1.10. The van der Waals surface area contributed by atoms with E-state index in [9.17, 15) is 13.2 Å². The fraction of sp³-hybridized carbons (Fsp3) is 0.500. The van der Waals surface area contributed by atoms with Crippen LogP contribution in [0.25, 0.3) is 11.0 Å². The van der Waals surface area contributed by atoms with Crippen LogP contribution in [0.2, 0.25) is 0 Å². The molecule has 0 spiro atoms. The summed E-state index contributed by atoms with van der Waals surface area (Å²) < 4.78 is 41.0. The van der Waals surface area contributed by atoms with Crippen molar-refractivity contribution in [1.82, 2.24) is 25.2 Å². The van der Waals surface area contributed by atoms with E-state index >= 15 is 0 Å². The number of nitrogens with two attached hydrogens (primary N) is 1. The molecule has 4 N–H and O–H groups in total. The quantitative estimate of drug-likeness (QED) is 0.318. The highest BCUT2D eigenvalue weighted by molar-refractivity contribution is 9.10. The Bertz CT molecular complexity index is 1080. The van der Waals surface area contributed by atoms with Crippen molar-refractivity contribution in [3.8, 4) is 0 Å². The number of nitrogens with one attached hydrogen (secondary N) is 2. The van der Waals surface area contributed by atoms with Gasteiger partial charge >= 0.3 is 6.18 Å². The maximum atomic E-state index is 12.6. The zero-order chi connectivity index (χ0) is 24.1. The van der Waals surface area contributed by atoms with Gasteiger partial charge in [0.25, 0.3) is 0 Å². The lowest BCUT2D eigenvalue weighted by Crippen LogP contribution is -2.26. The fourth-order valence-electron chi connectivity index (χ4n) is 4.69. The summed E-state index contributed by atoms with van der Waals surface area (Å²) in [4.78, 5) is 8.55. The van der Waals surface area contributed by atoms with Gasteiger partial charge in [-0.05, 0) is 97.8 Å². The van der Waals surface area contributed by atoms with Crippen LogP contribution in [-0.4, -0.2) is 40.7 Å². The Labute approximate surface area is 205 Å². The standard InChI is InChI=1S/C24H30BrF3N6/c25-20-14-34(23-21(20)22(29)32-15-33-23)19-7-4-17(12-19)13-31-10-1-9-30-11-8-16-2-5-18(6-3-16)24(26,27)28/h2-3,5-6,14-15,17,19,30-31H,1,4,7-13H2,(H2,29,32,33). The van der Waals surface area contributed by atoms with Gasteiger partial charge < -0.3 is 20.9 Å². The average molecular weight is 539 g/mol. The molecular weight excluding hydrogens is 509 g/mol. The predicted molar refractivity (Wildman–Crippen MR) is 132 cm³/mol. The van der Waals surface area contributed by atoms with Crippen LogP contribution in [0.15, 0.2) is 41.3 Å². The molecule has 2 heterocycles. The molecule has 2 unspecified atom stereocenters. The molecule has 1 saturated carbocycles. The lowest BCUT2D eigenvalue weighted by molar-refractivity contribution is -0.137. The minimum Gasteiger partial charge on any atom is -0.383 e. The monoisotopic (exact) mass is 538 g/mol. The van der Waals surface area contributed by atoms with E-state index < -0.39 is 11.7 Å². The van der Waals surface area contributed by atoms with Crippen molar-refractivity contribution >= 4 is 32.8 Å². The highest BCUT2D eigenvalue weighted by Crippen LogP contribution is 2.39. The van der Waals surface area contributed by atoms with Gasteiger partial charge in [-0.15, -0.1) is 0 Å². The normalized spacial score (nSPS) is 18.7. The van der Waals surface area contributed by atoms with Gasteiger partial charge in [0, 0.05) is 16.7 Å². The second-order valence-electron chi connectivity index (χ2n) is 8.93. The summed E-state index contributed by atoms with van der Waals surface area (Å²) in [7, 11) is 0. The first kappa shape index (κ1) is 24.9. The second-order valence-corrected chi connectivity index (χ2v) is 9.78. The van der Waals surface area contributed by atoms with Crippen molar-refractivity contribution in [3.05, 3.63) is 52.4 Å². The smallest absolute Gasteiger partial charge is 0.383 e. The number of alkyl halides is 3. The number of halogens is 4. The Morgan fingerprint density at radius 2 is 1.82 bits per heavy atom. The van der Waals surface area contributed by atoms with Crippen LogP contribution in [0.4, 0.5) is 19.0 Å². The van der Waals surface area contributed by atoms with Gasteiger partial charge in [0.1, 0.15) is 17.8 Å². The first-order valence-electron chi connectivity index (χ1n) is 11.7. The minimum absolute atomic E-state index is 0.418. The number of nitrogens with zero attached hydrogens (tertiary/aromatic N) is 3. The number of fused-ring (bicyclic) bond motifs is 1. The maximum absolute atomic E-state index is 12.6. The van der Waals surface area contributed by atoms with Gasteiger partial charge in [-0.25, -0.2) is 9.97 Å². The zero-order valence-corrected chi connectivity index (χ0v) is 20.5. The third kappa shape index (κ3) is 6.09. The summed E-state index contributed by atoms with van der Waals surface area (Å²) in [6.45, 7) is 3.57. The zero-order valence-electron chi connectivity index (χ0n) is 18.9. The van der Waals surface area contributed by atoms with E-state index in [1.165, 1.54) is 12.7 Å². The topological polar surface area (TPSA) is 80.8 Å². The molecule has 1 aliphatic rings. The molecule has 34 heavy (non-hydrogen) atoms. The van der Waals surface area contributed by atoms with E-state index in [0.29, 0.717) is 17.8 Å². The molecule has 1 aliphatic carbocycles. The minimum atomic E-state index is -4.28. The number of benzene rings is 1. The van der Waals surface area contributed by atoms with Crippen molar-refractivity contribution in [3.63, 3.8) is 0 Å². The Hall–Kier alpha value is -2.17. The summed E-state index contributed by atoms with van der Waals surface area (Å²) >= 11 is 3.59. The van der Waals surface area contributed by atoms with Crippen LogP contribution in [-0.2, 0) is 12.6 Å². The van der Waals surface area contributed by atoms with E-state index in [-0.39, 0.29) is 0 Å². The van der Waals surface area contributed by atoms with Crippen molar-refractivity contribution in [2.75, 3.05) is 31.9 Å². The fourth-order valence-corrected chi connectivity index (χ4v) is 5.29. The van der Waals surface area contributed by atoms with E-state index in [0.717, 1.165) is 85.1 Å². The van der Waals surface area contributed by atoms with Gasteiger partial charge in [0.2, 0.25) is 0 Å². The van der Waals surface area contributed by atoms with Crippen LogP contribution in [0.3, 0.4) is 0 Å². The van der Waals surface area contributed by atoms with E-state index in [1.807, 2.05) is 0 Å². The molecule has 6 nitrogen and oxygen atoms in total. The van der Waals surface area contributed by atoms with Gasteiger partial charge in [-0.2, -0.15) is 13.2 Å². The number of hydrogen-bond acceptors (Lipinski definition) is 5. The first-order chi connectivity index (χ1) is 16.3. The lowest BCUT2D eigenvalue weighted by Gasteiger charge is -2.15. The highest BCUT2D eigenvalue weighted by Gasteiger charge is 2.30. The van der Waals surface area contributed by atoms with Gasteiger partial charge in [-0.1, -0.05) is 12.1 Å². The third-order valence-electron chi connectivity index (χ3n) is 6.51. The van der Waals surface area contributed by atoms with Crippen molar-refractivity contribution < 1.29 is 13.2 Å². The van der Waals surface area contributed by atoms with E-state index in [4.69, 9.17) is 5.73 Å². The number of rotatable bonds is 10. The lowest BCUT2D eigenvalue weighted by atomic mass is 10.1. The SMILES string of the molecule is Nc1ncnc2c1c(Br)cn2C1CCC(CNCCCNCCc2ccc(C(F)(F)F)cc2)C1. The molecule has 184 valence electrons. The molecule has 4 rings (SSSR count). The Morgan fingerprint density at radius 3 is 2.59 bits per heavy atom. The summed E-state index contributed by atoms with van der Waals surface area (Å²) in [5, 5.41) is 7.82. The number of hydrogen-bond donors (Lipinski definition) is 3. The third-order valence-corrected chi connectivity index (χ3v) is 7.11. The van der Waals surface area contributed by atoms with E-state index in [1.54, 1.807) is 12.1 Å². The molecule has 2 atom stereocenters. The number of aromatic nitrogens is 3. The van der Waals surface area contributed by atoms with Gasteiger partial charge in [0.15, 0.2) is 0 Å². The highest BCUT2D eigenvalue weighted by atomic mass is 79.9. The largest absolute Gasteiger partial charge is 0.416 e. The molecule has 0 aliphatic heterocycles. The van der Waals surface area contributed by atoms with Crippen LogP contribution in [0.5, 0.6) is 0 Å². The second kappa shape index (κ2) is 11.0. The number of anilines is 1. The first-order valence-corrected chi connectivity index (χ1v) is 12.5. The molecule has 0 saturated heterocycles. The summed E-state index contributed by atoms with van der Waals surface area (Å²) in [5.41, 5.74) is 7.22. The summed E-state index contributed by atoms with van der Waals surface area (Å²) in [5.74, 6) is 1.13. The molecule has 0 bridgehead atoms. The average Bonchev–Trinajstić information content (AvgIpc) is 3.40. The summed E-state index contributed by atoms with van der Waals surface area (Å²) in [6, 6.07) is 5.82. The number of nitrogen functional groups attached to an aromatic ring is 1. The molecule has 10 heteroatoms. The van der Waals surface area contributed by atoms with Crippen LogP contribution >= 0.6 is 15.9 Å². The van der Waals surface area contributed by atoms with Crippen molar-refractivity contribution in [2.24, 2.45) is 5.92 Å². The van der Waals surface area contributed by atoms with Gasteiger partial charge in [-0.3, -0.25) is 0 Å². The van der Waals surface area contributed by atoms with Crippen molar-refractivity contribution in [1.29, 1.82) is 0 Å².